The van der Waals surface area contributed by atoms with Crippen LogP contribution in [0.25, 0.3) is 0 Å². The maximum Gasteiger partial charge on any atom is 0.270 e. The van der Waals surface area contributed by atoms with E-state index in [9.17, 15) is 14.0 Å². The van der Waals surface area contributed by atoms with Gasteiger partial charge in [0.2, 0.25) is 0 Å². The van der Waals surface area contributed by atoms with E-state index in [0.29, 0.717) is 11.3 Å². The fourth-order valence-corrected chi connectivity index (χ4v) is 2.29. The SMILES string of the molecule is O=C(NCc1ccccc1F)c1ccnc(C(=O)NCc2ccco2)c1. The Kier molecular flexibility index (Phi) is 5.38. The Morgan fingerprint density at radius 2 is 1.81 bits per heavy atom. The molecule has 2 amide bonds. The molecule has 0 radical (unpaired) electrons. The second kappa shape index (κ2) is 8.06. The zero-order valence-electron chi connectivity index (χ0n) is 13.7. The van der Waals surface area contributed by atoms with E-state index >= 15 is 0 Å². The van der Waals surface area contributed by atoms with Crippen molar-refractivity contribution in [1.29, 1.82) is 0 Å². The minimum Gasteiger partial charge on any atom is -0.467 e. The van der Waals surface area contributed by atoms with Crippen molar-refractivity contribution in [2.24, 2.45) is 0 Å². The molecule has 7 heteroatoms. The van der Waals surface area contributed by atoms with Gasteiger partial charge < -0.3 is 15.1 Å². The number of halogens is 1. The van der Waals surface area contributed by atoms with Crippen molar-refractivity contribution in [2.45, 2.75) is 13.1 Å². The van der Waals surface area contributed by atoms with E-state index in [1.165, 1.54) is 30.7 Å². The van der Waals surface area contributed by atoms with Gasteiger partial charge >= 0.3 is 0 Å². The van der Waals surface area contributed by atoms with Crippen molar-refractivity contribution in [2.75, 3.05) is 0 Å². The molecule has 2 heterocycles. The lowest BCUT2D eigenvalue weighted by Crippen LogP contribution is -2.26. The normalized spacial score (nSPS) is 10.3. The summed E-state index contributed by atoms with van der Waals surface area (Å²) in [5.41, 5.74) is 0.751. The summed E-state index contributed by atoms with van der Waals surface area (Å²) in [4.78, 5) is 28.4. The summed E-state index contributed by atoms with van der Waals surface area (Å²) >= 11 is 0. The standard InChI is InChI=1S/C19H16FN3O3/c20-16-6-2-1-4-14(16)11-22-18(24)13-7-8-21-17(10-13)19(25)23-12-15-5-3-9-26-15/h1-10H,11-12H2,(H,22,24)(H,23,25). The van der Waals surface area contributed by atoms with Crippen molar-refractivity contribution < 1.29 is 18.4 Å². The summed E-state index contributed by atoms with van der Waals surface area (Å²) in [6.45, 7) is 0.269. The molecule has 1 aromatic carbocycles. The predicted molar refractivity (Wildman–Crippen MR) is 91.7 cm³/mol. The number of hydrogen-bond acceptors (Lipinski definition) is 4. The van der Waals surface area contributed by atoms with E-state index in [1.807, 2.05) is 0 Å². The average Bonchev–Trinajstić information content (AvgIpc) is 3.19. The lowest BCUT2D eigenvalue weighted by Gasteiger charge is -2.08. The first-order chi connectivity index (χ1) is 12.6. The largest absolute Gasteiger partial charge is 0.467 e. The van der Waals surface area contributed by atoms with Crippen LogP contribution in [0.1, 0.15) is 32.2 Å². The van der Waals surface area contributed by atoms with Gasteiger partial charge in [0.25, 0.3) is 11.8 Å². The van der Waals surface area contributed by atoms with Gasteiger partial charge in [-0.05, 0) is 30.3 Å². The van der Waals surface area contributed by atoms with Gasteiger partial charge in [-0.1, -0.05) is 18.2 Å². The van der Waals surface area contributed by atoms with Gasteiger partial charge in [0, 0.05) is 23.9 Å². The van der Waals surface area contributed by atoms with Crippen LogP contribution in [0.3, 0.4) is 0 Å². The molecule has 0 bridgehead atoms. The van der Waals surface area contributed by atoms with E-state index in [-0.39, 0.29) is 30.2 Å². The highest BCUT2D eigenvalue weighted by molar-refractivity contribution is 5.98. The summed E-state index contributed by atoms with van der Waals surface area (Å²) in [5, 5.41) is 5.28. The summed E-state index contributed by atoms with van der Waals surface area (Å²) < 4.78 is 18.7. The number of rotatable bonds is 6. The van der Waals surface area contributed by atoms with Gasteiger partial charge in [-0.25, -0.2) is 4.39 Å². The van der Waals surface area contributed by atoms with Crippen molar-refractivity contribution in [3.8, 4) is 0 Å². The van der Waals surface area contributed by atoms with Gasteiger partial charge in [-0.15, -0.1) is 0 Å². The van der Waals surface area contributed by atoms with Crippen LogP contribution in [0.15, 0.2) is 65.4 Å². The van der Waals surface area contributed by atoms with Crippen molar-refractivity contribution in [3.63, 3.8) is 0 Å². The Labute approximate surface area is 149 Å². The lowest BCUT2D eigenvalue weighted by atomic mass is 10.2. The first-order valence-corrected chi connectivity index (χ1v) is 7.92. The minimum absolute atomic E-state index is 0.0495. The zero-order valence-corrected chi connectivity index (χ0v) is 13.7. The van der Waals surface area contributed by atoms with Gasteiger partial charge in [0.05, 0.1) is 12.8 Å². The number of carbonyl (C=O) groups is 2. The van der Waals surface area contributed by atoms with Gasteiger partial charge in [-0.3, -0.25) is 14.6 Å². The maximum absolute atomic E-state index is 13.6. The molecule has 2 N–H and O–H groups in total. The molecule has 0 saturated heterocycles. The molecule has 6 nitrogen and oxygen atoms in total. The molecule has 3 aromatic rings. The van der Waals surface area contributed by atoms with Crippen molar-refractivity contribution in [1.82, 2.24) is 15.6 Å². The Bertz CT molecular complexity index is 910. The fraction of sp³-hybridized carbons (Fsp3) is 0.105. The molecule has 2 aromatic heterocycles. The lowest BCUT2D eigenvalue weighted by molar-refractivity contribution is 0.0943. The molecular weight excluding hydrogens is 337 g/mol. The Morgan fingerprint density at radius 3 is 2.58 bits per heavy atom. The van der Waals surface area contributed by atoms with E-state index in [4.69, 9.17) is 4.42 Å². The van der Waals surface area contributed by atoms with Crippen LogP contribution in [0, 0.1) is 5.82 Å². The summed E-state index contributed by atoms with van der Waals surface area (Å²) in [6, 6.07) is 12.5. The maximum atomic E-state index is 13.6. The average molecular weight is 353 g/mol. The third-order valence-electron chi connectivity index (χ3n) is 3.66. The Hall–Kier alpha value is -3.48. The fourth-order valence-electron chi connectivity index (χ4n) is 2.29. The number of pyridine rings is 1. The first-order valence-electron chi connectivity index (χ1n) is 7.92. The molecule has 0 aliphatic rings. The molecule has 0 saturated carbocycles. The van der Waals surface area contributed by atoms with E-state index in [2.05, 4.69) is 15.6 Å². The number of carbonyl (C=O) groups excluding carboxylic acids is 2. The smallest absolute Gasteiger partial charge is 0.270 e. The zero-order chi connectivity index (χ0) is 18.4. The number of nitrogens with one attached hydrogen (secondary N) is 2. The van der Waals surface area contributed by atoms with Gasteiger partial charge in [0.1, 0.15) is 17.3 Å². The number of benzene rings is 1. The highest BCUT2D eigenvalue weighted by atomic mass is 19.1. The molecule has 0 atom stereocenters. The molecule has 0 fully saturated rings. The monoisotopic (exact) mass is 353 g/mol. The molecule has 0 aliphatic heterocycles. The molecule has 0 aliphatic carbocycles. The topological polar surface area (TPSA) is 84.2 Å². The molecular formula is C19H16FN3O3. The molecule has 26 heavy (non-hydrogen) atoms. The minimum atomic E-state index is -0.426. The second-order valence-corrected chi connectivity index (χ2v) is 5.47. The summed E-state index contributed by atoms with van der Waals surface area (Å²) in [5.74, 6) is -0.626. The van der Waals surface area contributed by atoms with Crippen LogP contribution < -0.4 is 10.6 Å². The highest BCUT2D eigenvalue weighted by Crippen LogP contribution is 2.07. The van der Waals surface area contributed by atoms with Crippen LogP contribution >= 0.6 is 0 Å². The summed E-state index contributed by atoms with van der Waals surface area (Å²) in [7, 11) is 0. The molecule has 132 valence electrons. The predicted octanol–water partition coefficient (Wildman–Crippen LogP) is 2.67. The van der Waals surface area contributed by atoms with Crippen LogP contribution in [0.4, 0.5) is 4.39 Å². The highest BCUT2D eigenvalue weighted by Gasteiger charge is 2.12. The third-order valence-corrected chi connectivity index (χ3v) is 3.66. The number of furan rings is 1. The number of hydrogen-bond donors (Lipinski definition) is 2. The van der Waals surface area contributed by atoms with E-state index in [0.717, 1.165) is 0 Å². The van der Waals surface area contributed by atoms with Crippen molar-refractivity contribution >= 4 is 11.8 Å². The van der Waals surface area contributed by atoms with Gasteiger partial charge in [0.15, 0.2) is 0 Å². The molecule has 0 unspecified atom stereocenters. The third kappa shape index (κ3) is 4.32. The van der Waals surface area contributed by atoms with E-state index in [1.54, 1.807) is 30.3 Å². The molecule has 3 rings (SSSR count). The van der Waals surface area contributed by atoms with Crippen LogP contribution in [-0.2, 0) is 13.1 Å². The van der Waals surface area contributed by atoms with E-state index < -0.39 is 11.8 Å². The number of amides is 2. The first kappa shape index (κ1) is 17.3. The number of nitrogens with zero attached hydrogens (tertiary/aromatic N) is 1. The van der Waals surface area contributed by atoms with Crippen molar-refractivity contribution in [3.05, 3.63) is 89.4 Å². The van der Waals surface area contributed by atoms with Crippen LogP contribution in [0.5, 0.6) is 0 Å². The van der Waals surface area contributed by atoms with Gasteiger partial charge in [-0.2, -0.15) is 0 Å². The van der Waals surface area contributed by atoms with Crippen LogP contribution in [-0.4, -0.2) is 16.8 Å². The van der Waals surface area contributed by atoms with Crippen LogP contribution in [0.2, 0.25) is 0 Å². The Morgan fingerprint density at radius 1 is 1.00 bits per heavy atom. The Balaban J connectivity index is 1.61. The number of aromatic nitrogens is 1. The summed E-state index contributed by atoms with van der Waals surface area (Å²) in [6.07, 6.45) is 2.89. The second-order valence-electron chi connectivity index (χ2n) is 5.47. The molecule has 0 spiro atoms. The quantitative estimate of drug-likeness (QED) is 0.714.